The highest BCUT2D eigenvalue weighted by Crippen LogP contribution is 2.25. The van der Waals surface area contributed by atoms with Crippen molar-refractivity contribution in [3.63, 3.8) is 0 Å². The number of hydrogen-bond acceptors (Lipinski definition) is 3. The molecule has 3 nitrogen and oxygen atoms in total. The Balaban J connectivity index is 1.84. The number of nitrogens with one attached hydrogen (secondary N) is 1. The summed E-state index contributed by atoms with van der Waals surface area (Å²) in [5.41, 5.74) is 1.30. The summed E-state index contributed by atoms with van der Waals surface area (Å²) in [7, 11) is 4.32. The Labute approximate surface area is 111 Å². The Hall–Kier alpha value is -0.930. The van der Waals surface area contributed by atoms with E-state index in [0.29, 0.717) is 6.04 Å². The fourth-order valence-electron chi connectivity index (χ4n) is 3.07. The molecule has 100 valence electrons. The van der Waals surface area contributed by atoms with Crippen LogP contribution >= 0.6 is 0 Å². The van der Waals surface area contributed by atoms with Crippen LogP contribution in [0.15, 0.2) is 24.5 Å². The monoisotopic (exact) mass is 247 g/mol. The summed E-state index contributed by atoms with van der Waals surface area (Å²) in [6.45, 7) is 2.18. The van der Waals surface area contributed by atoms with Crippen LogP contribution in [-0.2, 0) is 6.54 Å². The summed E-state index contributed by atoms with van der Waals surface area (Å²) in [6.07, 6.45) is 9.28. The molecule has 1 saturated carbocycles. The van der Waals surface area contributed by atoms with Crippen molar-refractivity contribution in [2.24, 2.45) is 5.92 Å². The van der Waals surface area contributed by atoms with Gasteiger partial charge in [-0.15, -0.1) is 0 Å². The predicted octanol–water partition coefficient (Wildman–Crippen LogP) is 2.29. The summed E-state index contributed by atoms with van der Waals surface area (Å²) in [4.78, 5) is 6.60. The first kappa shape index (κ1) is 13.5. The second kappa shape index (κ2) is 6.86. The number of aromatic nitrogens is 1. The largest absolute Gasteiger partial charge is 0.317 e. The van der Waals surface area contributed by atoms with Crippen molar-refractivity contribution in [3.8, 4) is 0 Å². The summed E-state index contributed by atoms with van der Waals surface area (Å²) in [5.74, 6) is 0.797. The van der Waals surface area contributed by atoms with Gasteiger partial charge < -0.3 is 10.2 Å². The average molecular weight is 247 g/mol. The van der Waals surface area contributed by atoms with Gasteiger partial charge in [0.2, 0.25) is 0 Å². The van der Waals surface area contributed by atoms with Crippen LogP contribution in [0.1, 0.15) is 31.2 Å². The van der Waals surface area contributed by atoms with Crippen molar-refractivity contribution in [1.82, 2.24) is 15.2 Å². The normalized spacial score (nSPS) is 24.4. The van der Waals surface area contributed by atoms with Gasteiger partial charge in [-0.2, -0.15) is 0 Å². The van der Waals surface area contributed by atoms with E-state index in [1.165, 1.54) is 37.8 Å². The second-order valence-corrected chi connectivity index (χ2v) is 5.50. The van der Waals surface area contributed by atoms with Gasteiger partial charge in [-0.1, -0.05) is 18.9 Å². The molecule has 0 aromatic carbocycles. The third-order valence-electron chi connectivity index (χ3n) is 4.00. The Morgan fingerprint density at radius 2 is 2.22 bits per heavy atom. The maximum absolute atomic E-state index is 4.18. The van der Waals surface area contributed by atoms with E-state index in [-0.39, 0.29) is 0 Å². The highest BCUT2D eigenvalue weighted by molar-refractivity contribution is 5.08. The first-order valence-corrected chi connectivity index (χ1v) is 7.04. The molecule has 0 radical (unpaired) electrons. The van der Waals surface area contributed by atoms with Crippen molar-refractivity contribution in [2.45, 2.75) is 38.3 Å². The van der Waals surface area contributed by atoms with Crippen molar-refractivity contribution in [3.05, 3.63) is 30.1 Å². The predicted molar refractivity (Wildman–Crippen MR) is 75.4 cm³/mol. The van der Waals surface area contributed by atoms with Crippen LogP contribution in [0, 0.1) is 5.92 Å². The molecule has 2 rings (SSSR count). The van der Waals surface area contributed by atoms with Gasteiger partial charge >= 0.3 is 0 Å². The molecule has 3 heteroatoms. The third-order valence-corrected chi connectivity index (χ3v) is 4.00. The van der Waals surface area contributed by atoms with Crippen LogP contribution in [0.25, 0.3) is 0 Å². The summed E-state index contributed by atoms with van der Waals surface area (Å²) in [6, 6.07) is 4.87. The number of hydrogen-bond donors (Lipinski definition) is 1. The van der Waals surface area contributed by atoms with Crippen LogP contribution in [0.5, 0.6) is 0 Å². The molecule has 18 heavy (non-hydrogen) atoms. The van der Waals surface area contributed by atoms with E-state index in [9.17, 15) is 0 Å². The first-order chi connectivity index (χ1) is 8.79. The minimum Gasteiger partial charge on any atom is -0.317 e. The fourth-order valence-corrected chi connectivity index (χ4v) is 3.07. The first-order valence-electron chi connectivity index (χ1n) is 7.04. The number of nitrogens with zero attached hydrogens (tertiary/aromatic N) is 2. The van der Waals surface area contributed by atoms with Crippen LogP contribution in [-0.4, -0.2) is 36.6 Å². The van der Waals surface area contributed by atoms with Crippen molar-refractivity contribution >= 4 is 0 Å². The molecule has 0 spiro atoms. The maximum atomic E-state index is 4.18. The van der Waals surface area contributed by atoms with E-state index in [4.69, 9.17) is 0 Å². The fraction of sp³-hybridized carbons (Fsp3) is 0.667. The van der Waals surface area contributed by atoms with Crippen molar-refractivity contribution < 1.29 is 0 Å². The summed E-state index contributed by atoms with van der Waals surface area (Å²) < 4.78 is 0. The molecule has 0 saturated heterocycles. The molecule has 1 heterocycles. The molecule has 1 fully saturated rings. The highest BCUT2D eigenvalue weighted by atomic mass is 15.1. The Morgan fingerprint density at radius 3 is 2.94 bits per heavy atom. The molecule has 1 aliphatic rings. The molecule has 0 aliphatic heterocycles. The van der Waals surface area contributed by atoms with Gasteiger partial charge in [0.1, 0.15) is 0 Å². The quantitative estimate of drug-likeness (QED) is 0.865. The molecular weight excluding hydrogens is 222 g/mol. The molecule has 2 unspecified atom stereocenters. The highest BCUT2D eigenvalue weighted by Gasteiger charge is 2.24. The van der Waals surface area contributed by atoms with E-state index >= 15 is 0 Å². The lowest BCUT2D eigenvalue weighted by atomic mass is 9.84. The van der Waals surface area contributed by atoms with Gasteiger partial charge in [-0.3, -0.25) is 4.98 Å². The molecule has 2 atom stereocenters. The van der Waals surface area contributed by atoms with Gasteiger partial charge in [0, 0.05) is 31.5 Å². The van der Waals surface area contributed by atoms with Crippen LogP contribution in [0.2, 0.25) is 0 Å². The van der Waals surface area contributed by atoms with Crippen molar-refractivity contribution in [1.29, 1.82) is 0 Å². The summed E-state index contributed by atoms with van der Waals surface area (Å²) >= 11 is 0. The zero-order chi connectivity index (χ0) is 12.8. The van der Waals surface area contributed by atoms with Crippen LogP contribution in [0.4, 0.5) is 0 Å². The Morgan fingerprint density at radius 1 is 1.39 bits per heavy atom. The molecule has 1 N–H and O–H groups in total. The third kappa shape index (κ3) is 3.79. The average Bonchev–Trinajstić information content (AvgIpc) is 2.40. The van der Waals surface area contributed by atoms with Gasteiger partial charge in [0.25, 0.3) is 0 Å². The zero-order valence-corrected chi connectivity index (χ0v) is 11.6. The van der Waals surface area contributed by atoms with E-state index in [1.54, 1.807) is 0 Å². The SMILES string of the molecule is CNC1CCCCC1CN(C)Cc1cccnc1. The topological polar surface area (TPSA) is 28.2 Å². The van der Waals surface area contributed by atoms with Gasteiger partial charge in [0.15, 0.2) is 0 Å². The van der Waals surface area contributed by atoms with Crippen LogP contribution < -0.4 is 5.32 Å². The van der Waals surface area contributed by atoms with E-state index < -0.39 is 0 Å². The van der Waals surface area contributed by atoms with E-state index in [0.717, 1.165) is 12.5 Å². The van der Waals surface area contributed by atoms with Crippen molar-refractivity contribution in [2.75, 3.05) is 20.6 Å². The standard InChI is InChI=1S/C15H25N3/c1-16-15-8-4-3-7-14(15)12-18(2)11-13-6-5-9-17-10-13/h5-6,9-10,14-16H,3-4,7-8,11-12H2,1-2H3. The molecule has 1 aromatic rings. The zero-order valence-electron chi connectivity index (χ0n) is 11.6. The lowest BCUT2D eigenvalue weighted by molar-refractivity contribution is 0.190. The molecule has 0 amide bonds. The Bertz CT molecular complexity index is 339. The molecule has 0 bridgehead atoms. The van der Waals surface area contributed by atoms with E-state index in [2.05, 4.69) is 35.4 Å². The molecule has 1 aliphatic carbocycles. The maximum Gasteiger partial charge on any atom is 0.0312 e. The van der Waals surface area contributed by atoms with Gasteiger partial charge in [-0.05, 0) is 44.5 Å². The lowest BCUT2D eigenvalue weighted by Crippen LogP contribution is -2.41. The van der Waals surface area contributed by atoms with E-state index in [1.807, 2.05) is 18.5 Å². The second-order valence-electron chi connectivity index (χ2n) is 5.50. The smallest absolute Gasteiger partial charge is 0.0312 e. The van der Waals surface area contributed by atoms with Crippen LogP contribution in [0.3, 0.4) is 0 Å². The summed E-state index contributed by atoms with van der Waals surface area (Å²) in [5, 5.41) is 3.48. The minimum absolute atomic E-state index is 0.704. The number of rotatable bonds is 5. The molecular formula is C15H25N3. The molecule has 1 aromatic heterocycles. The Kier molecular flexibility index (Phi) is 5.14. The minimum atomic E-state index is 0.704. The van der Waals surface area contributed by atoms with Gasteiger partial charge in [-0.25, -0.2) is 0 Å². The van der Waals surface area contributed by atoms with Gasteiger partial charge in [0.05, 0.1) is 0 Å². The number of pyridine rings is 1. The lowest BCUT2D eigenvalue weighted by Gasteiger charge is -2.34.